The smallest absolute Gasteiger partial charge is 0.404 e. The lowest BCUT2D eigenvalue weighted by molar-refractivity contribution is -0.274. The summed E-state index contributed by atoms with van der Waals surface area (Å²) in [5.41, 5.74) is 5.29. The van der Waals surface area contributed by atoms with Crippen LogP contribution in [0.3, 0.4) is 0 Å². The normalized spacial score (nSPS) is 16.1. The first-order chi connectivity index (χ1) is 8.76. The molecule has 1 saturated heterocycles. The number of likely N-dealkylation sites (tertiary alicyclic amines) is 1. The number of hydrogen-bond donors (Lipinski definition) is 2. The number of anilines is 1. The molecule has 0 atom stereocenters. The van der Waals surface area contributed by atoms with Crippen LogP contribution in [0.5, 0.6) is 5.75 Å². The molecule has 1 fully saturated rings. The van der Waals surface area contributed by atoms with Crippen LogP contribution in [0.15, 0.2) is 18.2 Å². The highest BCUT2D eigenvalue weighted by atomic mass is 19.4. The van der Waals surface area contributed by atoms with Crippen LogP contribution in [0.4, 0.5) is 18.9 Å². The molecule has 104 valence electrons. The van der Waals surface area contributed by atoms with Crippen molar-refractivity contribution in [2.75, 3.05) is 18.8 Å². The van der Waals surface area contributed by atoms with E-state index in [9.17, 15) is 18.0 Å². The number of amides is 1. The Morgan fingerprint density at radius 2 is 2.05 bits per heavy atom. The number of carbonyl (C=O) groups is 1. The molecule has 0 spiro atoms. The van der Waals surface area contributed by atoms with Gasteiger partial charge < -0.3 is 20.5 Å². The van der Waals surface area contributed by atoms with E-state index in [2.05, 4.69) is 4.74 Å². The van der Waals surface area contributed by atoms with E-state index in [-0.39, 0.29) is 24.3 Å². The molecule has 0 unspecified atom stereocenters. The lowest BCUT2D eigenvalue weighted by Crippen LogP contribution is -2.53. The van der Waals surface area contributed by atoms with E-state index in [1.807, 2.05) is 0 Å². The van der Waals surface area contributed by atoms with Gasteiger partial charge in [0.25, 0.3) is 5.91 Å². The highest BCUT2D eigenvalue weighted by Gasteiger charge is 2.33. The number of aliphatic hydroxyl groups excluding tert-OH is 1. The van der Waals surface area contributed by atoms with Crippen molar-refractivity contribution in [2.24, 2.45) is 0 Å². The van der Waals surface area contributed by atoms with Gasteiger partial charge in [0.2, 0.25) is 0 Å². The number of rotatable bonds is 2. The number of carbonyl (C=O) groups excluding carboxylic acids is 1. The second-order valence-corrected chi connectivity index (χ2v) is 4.16. The van der Waals surface area contributed by atoms with Crippen molar-refractivity contribution in [3.05, 3.63) is 23.8 Å². The van der Waals surface area contributed by atoms with Gasteiger partial charge in [0.1, 0.15) is 0 Å². The third-order valence-electron chi connectivity index (χ3n) is 2.63. The van der Waals surface area contributed by atoms with E-state index in [0.717, 1.165) is 12.1 Å². The summed E-state index contributed by atoms with van der Waals surface area (Å²) in [6.07, 6.45) is -5.38. The predicted octanol–water partition coefficient (Wildman–Crippen LogP) is 0.984. The van der Waals surface area contributed by atoms with Gasteiger partial charge in [-0.25, -0.2) is 0 Å². The van der Waals surface area contributed by atoms with Gasteiger partial charge >= 0.3 is 6.36 Å². The van der Waals surface area contributed by atoms with Crippen LogP contribution in [-0.2, 0) is 0 Å². The zero-order valence-corrected chi connectivity index (χ0v) is 9.65. The summed E-state index contributed by atoms with van der Waals surface area (Å²) in [4.78, 5) is 13.2. The number of alkyl halides is 3. The minimum Gasteiger partial charge on any atom is -0.404 e. The maximum atomic E-state index is 12.0. The fourth-order valence-electron chi connectivity index (χ4n) is 1.70. The molecule has 0 radical (unpaired) electrons. The van der Waals surface area contributed by atoms with Crippen molar-refractivity contribution in [3.63, 3.8) is 0 Å². The largest absolute Gasteiger partial charge is 0.573 e. The molecule has 1 aromatic rings. The quantitative estimate of drug-likeness (QED) is 0.790. The molecule has 1 aromatic carbocycles. The Kier molecular flexibility index (Phi) is 3.27. The number of nitrogen functional groups attached to an aromatic ring is 1. The van der Waals surface area contributed by atoms with Crippen LogP contribution in [0.2, 0.25) is 0 Å². The van der Waals surface area contributed by atoms with E-state index in [1.165, 1.54) is 11.0 Å². The van der Waals surface area contributed by atoms with Gasteiger partial charge in [0.05, 0.1) is 11.8 Å². The summed E-state index contributed by atoms with van der Waals surface area (Å²) in [6, 6.07) is 3.31. The SMILES string of the molecule is Nc1cc(C(=O)N2CC(O)C2)ccc1OC(F)(F)F. The lowest BCUT2D eigenvalue weighted by Gasteiger charge is -2.35. The summed E-state index contributed by atoms with van der Waals surface area (Å²) in [5, 5.41) is 9.08. The monoisotopic (exact) mass is 276 g/mol. The molecule has 0 bridgehead atoms. The van der Waals surface area contributed by atoms with Gasteiger partial charge in [0.15, 0.2) is 5.75 Å². The number of halogens is 3. The topological polar surface area (TPSA) is 75.8 Å². The minimum atomic E-state index is -4.83. The van der Waals surface area contributed by atoms with Crippen LogP contribution < -0.4 is 10.5 Å². The van der Waals surface area contributed by atoms with Gasteiger partial charge in [-0.15, -0.1) is 13.2 Å². The Hall–Kier alpha value is -1.96. The highest BCUT2D eigenvalue weighted by Crippen LogP contribution is 2.29. The number of aliphatic hydroxyl groups is 1. The van der Waals surface area contributed by atoms with E-state index in [1.54, 1.807) is 0 Å². The summed E-state index contributed by atoms with van der Waals surface area (Å²) < 4.78 is 39.8. The van der Waals surface area contributed by atoms with E-state index in [0.29, 0.717) is 0 Å². The number of β-amino-alcohol motifs (C(OH)–C–C–N with tert-alkyl or cyclic N) is 1. The summed E-state index contributed by atoms with van der Waals surface area (Å²) in [6.45, 7) is 0.416. The highest BCUT2D eigenvalue weighted by molar-refractivity contribution is 5.96. The summed E-state index contributed by atoms with van der Waals surface area (Å²) in [5.74, 6) is -0.941. The second-order valence-electron chi connectivity index (χ2n) is 4.16. The van der Waals surface area contributed by atoms with Crippen molar-refractivity contribution >= 4 is 11.6 Å². The Bertz CT molecular complexity index is 498. The van der Waals surface area contributed by atoms with Gasteiger partial charge in [-0.3, -0.25) is 4.79 Å². The van der Waals surface area contributed by atoms with Gasteiger partial charge in [-0.1, -0.05) is 0 Å². The zero-order valence-electron chi connectivity index (χ0n) is 9.65. The Balaban J connectivity index is 2.12. The average Bonchev–Trinajstić information content (AvgIpc) is 2.25. The third-order valence-corrected chi connectivity index (χ3v) is 2.63. The van der Waals surface area contributed by atoms with E-state index >= 15 is 0 Å². The molecular weight excluding hydrogens is 265 g/mol. The van der Waals surface area contributed by atoms with Crippen molar-refractivity contribution < 1.29 is 27.8 Å². The van der Waals surface area contributed by atoms with E-state index < -0.39 is 24.1 Å². The van der Waals surface area contributed by atoms with Crippen LogP contribution in [0.1, 0.15) is 10.4 Å². The van der Waals surface area contributed by atoms with Gasteiger partial charge in [-0.2, -0.15) is 0 Å². The lowest BCUT2D eigenvalue weighted by atomic mass is 10.1. The zero-order chi connectivity index (χ0) is 14.2. The molecule has 1 aliphatic heterocycles. The Morgan fingerprint density at radius 3 is 2.53 bits per heavy atom. The van der Waals surface area contributed by atoms with Crippen LogP contribution in [0.25, 0.3) is 0 Å². The first-order valence-corrected chi connectivity index (χ1v) is 5.39. The molecule has 0 aliphatic carbocycles. The molecule has 19 heavy (non-hydrogen) atoms. The van der Waals surface area contributed by atoms with Crippen LogP contribution in [-0.4, -0.2) is 41.5 Å². The minimum absolute atomic E-state index is 0.152. The van der Waals surface area contributed by atoms with Crippen molar-refractivity contribution in [1.29, 1.82) is 0 Å². The molecule has 5 nitrogen and oxygen atoms in total. The third kappa shape index (κ3) is 3.08. The molecule has 0 aromatic heterocycles. The fraction of sp³-hybridized carbons (Fsp3) is 0.364. The number of benzene rings is 1. The molecule has 1 aliphatic rings. The maximum absolute atomic E-state index is 12.0. The molecular formula is C11H11F3N2O3. The Labute approximate surface area is 106 Å². The molecule has 0 saturated carbocycles. The molecule has 2 rings (SSSR count). The number of nitrogens with zero attached hydrogens (tertiary/aromatic N) is 1. The second kappa shape index (κ2) is 4.61. The summed E-state index contributed by atoms with van der Waals surface area (Å²) >= 11 is 0. The standard InChI is InChI=1S/C11H11F3N2O3/c12-11(13,14)19-9-2-1-6(3-8(9)15)10(18)16-4-7(17)5-16/h1-3,7,17H,4-5,15H2. The van der Waals surface area contributed by atoms with Crippen LogP contribution in [0, 0.1) is 0 Å². The number of nitrogens with two attached hydrogens (primary N) is 1. The van der Waals surface area contributed by atoms with Gasteiger partial charge in [0, 0.05) is 18.7 Å². The first-order valence-electron chi connectivity index (χ1n) is 5.39. The number of hydrogen-bond acceptors (Lipinski definition) is 4. The van der Waals surface area contributed by atoms with Crippen molar-refractivity contribution in [3.8, 4) is 5.75 Å². The molecule has 3 N–H and O–H groups in total. The summed E-state index contributed by atoms with van der Waals surface area (Å²) in [7, 11) is 0. The molecule has 1 heterocycles. The average molecular weight is 276 g/mol. The van der Waals surface area contributed by atoms with Crippen molar-refractivity contribution in [2.45, 2.75) is 12.5 Å². The van der Waals surface area contributed by atoms with Gasteiger partial charge in [-0.05, 0) is 18.2 Å². The first kappa shape index (κ1) is 13.5. The van der Waals surface area contributed by atoms with Crippen molar-refractivity contribution in [1.82, 2.24) is 4.90 Å². The maximum Gasteiger partial charge on any atom is 0.573 e. The van der Waals surface area contributed by atoms with Crippen LogP contribution >= 0.6 is 0 Å². The fourth-order valence-corrected chi connectivity index (χ4v) is 1.70. The molecule has 1 amide bonds. The predicted molar refractivity (Wildman–Crippen MR) is 59.4 cm³/mol. The van der Waals surface area contributed by atoms with E-state index in [4.69, 9.17) is 10.8 Å². The Morgan fingerprint density at radius 1 is 1.42 bits per heavy atom. The molecule has 8 heteroatoms. The number of ether oxygens (including phenoxy) is 1.